The highest BCUT2D eigenvalue weighted by molar-refractivity contribution is 5.33. The summed E-state index contributed by atoms with van der Waals surface area (Å²) in [5, 5.41) is 3.13. The maximum atomic E-state index is 12.5. The van der Waals surface area contributed by atoms with Gasteiger partial charge in [0, 0.05) is 6.54 Å². The molecule has 0 saturated carbocycles. The van der Waals surface area contributed by atoms with Gasteiger partial charge in [0.1, 0.15) is 11.6 Å². The number of aromatic nitrogens is 1. The Morgan fingerprint density at radius 1 is 1.38 bits per heavy atom. The standard InChI is InChI=1S/C10H15FN2/c1-10(2,3)7-13-9-5-4-8(11)6-12-9/h4-6H,7H2,1-3H3,(H,12,13). The molecule has 1 N–H and O–H groups in total. The quantitative estimate of drug-likeness (QED) is 0.760. The fourth-order valence-corrected chi connectivity index (χ4v) is 0.836. The number of hydrogen-bond acceptors (Lipinski definition) is 2. The average molecular weight is 182 g/mol. The third-order valence-electron chi connectivity index (χ3n) is 1.53. The molecule has 1 aromatic heterocycles. The molecule has 1 aromatic rings. The van der Waals surface area contributed by atoms with Crippen molar-refractivity contribution in [3.63, 3.8) is 0 Å². The molecule has 0 amide bonds. The molecule has 0 spiro atoms. The number of pyridine rings is 1. The normalized spacial score (nSPS) is 11.4. The first-order valence-corrected chi connectivity index (χ1v) is 4.33. The Kier molecular flexibility index (Phi) is 2.86. The SMILES string of the molecule is CC(C)(C)CNc1ccc(F)cn1. The van der Waals surface area contributed by atoms with Crippen LogP contribution in [-0.4, -0.2) is 11.5 Å². The Hall–Kier alpha value is -1.12. The monoisotopic (exact) mass is 182 g/mol. The molecule has 0 aliphatic heterocycles. The zero-order valence-corrected chi connectivity index (χ0v) is 8.26. The fourth-order valence-electron chi connectivity index (χ4n) is 0.836. The molecule has 3 heteroatoms. The summed E-state index contributed by atoms with van der Waals surface area (Å²) in [6, 6.07) is 3.04. The molecule has 0 atom stereocenters. The minimum Gasteiger partial charge on any atom is -0.370 e. The summed E-state index contributed by atoms with van der Waals surface area (Å²) in [5.74, 6) is 0.414. The van der Waals surface area contributed by atoms with E-state index in [0.29, 0.717) is 0 Å². The second-order valence-corrected chi connectivity index (χ2v) is 4.28. The van der Waals surface area contributed by atoms with E-state index >= 15 is 0 Å². The predicted octanol–water partition coefficient (Wildman–Crippen LogP) is 2.68. The lowest BCUT2D eigenvalue weighted by Crippen LogP contribution is -2.19. The predicted molar refractivity (Wildman–Crippen MR) is 52.1 cm³/mol. The summed E-state index contributed by atoms with van der Waals surface area (Å²) in [6.07, 6.45) is 1.21. The van der Waals surface area contributed by atoms with Crippen LogP contribution in [0.4, 0.5) is 10.2 Å². The van der Waals surface area contributed by atoms with E-state index in [4.69, 9.17) is 0 Å². The highest BCUT2D eigenvalue weighted by atomic mass is 19.1. The summed E-state index contributed by atoms with van der Waals surface area (Å²) in [5.41, 5.74) is 0.204. The highest BCUT2D eigenvalue weighted by Crippen LogP contribution is 2.13. The minimum atomic E-state index is -0.304. The van der Waals surface area contributed by atoms with Crippen LogP contribution in [-0.2, 0) is 0 Å². The topological polar surface area (TPSA) is 24.9 Å². The Morgan fingerprint density at radius 2 is 2.08 bits per heavy atom. The van der Waals surface area contributed by atoms with Crippen LogP contribution in [0.3, 0.4) is 0 Å². The molecule has 13 heavy (non-hydrogen) atoms. The van der Waals surface area contributed by atoms with Crippen LogP contribution < -0.4 is 5.32 Å². The molecule has 0 fully saturated rings. The molecule has 0 aromatic carbocycles. The Bertz CT molecular complexity index is 261. The zero-order chi connectivity index (χ0) is 9.90. The van der Waals surface area contributed by atoms with Crippen molar-refractivity contribution in [1.29, 1.82) is 0 Å². The van der Waals surface area contributed by atoms with Crippen LogP contribution in [0, 0.1) is 11.2 Å². The van der Waals surface area contributed by atoms with E-state index in [9.17, 15) is 4.39 Å². The maximum absolute atomic E-state index is 12.5. The van der Waals surface area contributed by atoms with Gasteiger partial charge in [-0.3, -0.25) is 0 Å². The summed E-state index contributed by atoms with van der Waals surface area (Å²) in [6.45, 7) is 7.21. The van der Waals surface area contributed by atoms with Crippen LogP contribution in [0.1, 0.15) is 20.8 Å². The van der Waals surface area contributed by atoms with Gasteiger partial charge in [-0.25, -0.2) is 9.37 Å². The van der Waals surface area contributed by atoms with Gasteiger partial charge in [0.05, 0.1) is 6.20 Å². The van der Waals surface area contributed by atoms with Gasteiger partial charge in [-0.2, -0.15) is 0 Å². The van der Waals surface area contributed by atoms with E-state index in [0.717, 1.165) is 12.4 Å². The summed E-state index contributed by atoms with van der Waals surface area (Å²) in [4.78, 5) is 3.90. The zero-order valence-electron chi connectivity index (χ0n) is 8.26. The van der Waals surface area contributed by atoms with E-state index in [-0.39, 0.29) is 11.2 Å². The lowest BCUT2D eigenvalue weighted by atomic mass is 9.97. The van der Waals surface area contributed by atoms with Gasteiger partial charge in [0.2, 0.25) is 0 Å². The van der Waals surface area contributed by atoms with Crippen molar-refractivity contribution in [2.45, 2.75) is 20.8 Å². The maximum Gasteiger partial charge on any atom is 0.141 e. The Morgan fingerprint density at radius 3 is 2.54 bits per heavy atom. The summed E-state index contributed by atoms with van der Waals surface area (Å²) >= 11 is 0. The van der Waals surface area contributed by atoms with Crippen molar-refractivity contribution in [2.24, 2.45) is 5.41 Å². The van der Waals surface area contributed by atoms with Gasteiger partial charge in [-0.1, -0.05) is 20.8 Å². The van der Waals surface area contributed by atoms with Crippen molar-refractivity contribution in [2.75, 3.05) is 11.9 Å². The van der Waals surface area contributed by atoms with E-state index in [2.05, 4.69) is 31.1 Å². The van der Waals surface area contributed by atoms with E-state index < -0.39 is 0 Å². The van der Waals surface area contributed by atoms with Crippen LogP contribution in [0.5, 0.6) is 0 Å². The second kappa shape index (κ2) is 3.73. The first kappa shape index (κ1) is 9.96. The van der Waals surface area contributed by atoms with E-state index in [1.807, 2.05) is 0 Å². The van der Waals surface area contributed by atoms with Crippen molar-refractivity contribution in [3.05, 3.63) is 24.1 Å². The molecule has 0 aliphatic rings. The molecule has 2 nitrogen and oxygen atoms in total. The van der Waals surface area contributed by atoms with Crippen LogP contribution in [0.2, 0.25) is 0 Å². The first-order valence-electron chi connectivity index (χ1n) is 4.33. The third-order valence-corrected chi connectivity index (χ3v) is 1.53. The van der Waals surface area contributed by atoms with Gasteiger partial charge in [-0.05, 0) is 17.5 Å². The number of nitrogens with zero attached hydrogens (tertiary/aromatic N) is 1. The molecule has 72 valence electrons. The minimum absolute atomic E-state index is 0.204. The van der Waals surface area contributed by atoms with Gasteiger partial charge >= 0.3 is 0 Å². The smallest absolute Gasteiger partial charge is 0.141 e. The summed E-state index contributed by atoms with van der Waals surface area (Å²) in [7, 11) is 0. The molecular formula is C10H15FN2. The van der Waals surface area contributed by atoms with Crippen molar-refractivity contribution in [1.82, 2.24) is 4.98 Å². The lowest BCUT2D eigenvalue weighted by Gasteiger charge is -2.18. The van der Waals surface area contributed by atoms with Crippen LogP contribution in [0.15, 0.2) is 18.3 Å². The average Bonchev–Trinajstić information content (AvgIpc) is 2.02. The van der Waals surface area contributed by atoms with E-state index in [1.54, 1.807) is 6.07 Å². The number of rotatable bonds is 2. The van der Waals surface area contributed by atoms with Gasteiger partial charge in [-0.15, -0.1) is 0 Å². The van der Waals surface area contributed by atoms with Crippen molar-refractivity contribution >= 4 is 5.82 Å². The molecular weight excluding hydrogens is 167 g/mol. The Balaban J connectivity index is 2.51. The lowest BCUT2D eigenvalue weighted by molar-refractivity contribution is 0.442. The first-order chi connectivity index (χ1) is 5.97. The molecule has 0 saturated heterocycles. The second-order valence-electron chi connectivity index (χ2n) is 4.28. The molecule has 1 rings (SSSR count). The van der Waals surface area contributed by atoms with E-state index in [1.165, 1.54) is 12.3 Å². The molecule has 1 heterocycles. The van der Waals surface area contributed by atoms with Gasteiger partial charge in [0.15, 0.2) is 0 Å². The van der Waals surface area contributed by atoms with Gasteiger partial charge in [0.25, 0.3) is 0 Å². The van der Waals surface area contributed by atoms with Crippen molar-refractivity contribution in [3.8, 4) is 0 Å². The van der Waals surface area contributed by atoms with Crippen molar-refractivity contribution < 1.29 is 4.39 Å². The Labute approximate surface area is 78.2 Å². The number of hydrogen-bond donors (Lipinski definition) is 1. The third kappa shape index (κ3) is 3.87. The molecule has 0 aliphatic carbocycles. The largest absolute Gasteiger partial charge is 0.370 e. The highest BCUT2D eigenvalue weighted by Gasteiger charge is 2.09. The summed E-state index contributed by atoms with van der Waals surface area (Å²) < 4.78 is 12.5. The fraction of sp³-hybridized carbons (Fsp3) is 0.500. The van der Waals surface area contributed by atoms with Crippen LogP contribution in [0.25, 0.3) is 0 Å². The van der Waals surface area contributed by atoms with Crippen LogP contribution >= 0.6 is 0 Å². The number of anilines is 1. The molecule has 0 unspecified atom stereocenters. The number of halogens is 1. The molecule has 0 radical (unpaired) electrons. The van der Waals surface area contributed by atoms with Gasteiger partial charge < -0.3 is 5.32 Å². The molecule has 0 bridgehead atoms. The number of nitrogens with one attached hydrogen (secondary N) is 1.